The minimum Gasteiger partial charge on any atom is -0.439 e. The van der Waals surface area contributed by atoms with Crippen molar-refractivity contribution >= 4 is 11.6 Å². The van der Waals surface area contributed by atoms with Gasteiger partial charge in [-0.1, -0.05) is 30.3 Å². The Morgan fingerprint density at radius 2 is 1.93 bits per heavy atom. The lowest BCUT2D eigenvalue weighted by Crippen LogP contribution is -2.36. The second-order valence-electron chi connectivity index (χ2n) is 6.19. The highest BCUT2D eigenvalue weighted by atomic mass is 19.1. The second-order valence-corrected chi connectivity index (χ2v) is 6.19. The molecule has 0 spiro atoms. The van der Waals surface area contributed by atoms with E-state index in [2.05, 4.69) is 10.3 Å². The normalized spacial score (nSPS) is 10.4. The summed E-state index contributed by atoms with van der Waals surface area (Å²) >= 11 is 0. The van der Waals surface area contributed by atoms with Crippen LogP contribution in [-0.4, -0.2) is 24.0 Å². The first-order chi connectivity index (χ1) is 13.6. The number of aromatic nitrogens is 1. The molecule has 2 aromatic carbocycles. The van der Waals surface area contributed by atoms with Gasteiger partial charge in [-0.25, -0.2) is 9.37 Å². The number of likely N-dealkylation sites (N-methyl/N-ethyl adjacent to an activating group) is 1. The summed E-state index contributed by atoms with van der Waals surface area (Å²) in [5.74, 6) is 0.315. The molecule has 3 rings (SSSR count). The molecular formula is C22H22FN3O2. The van der Waals surface area contributed by atoms with Crippen molar-refractivity contribution in [3.05, 3.63) is 84.3 Å². The number of rotatable bonds is 8. The Hall–Kier alpha value is -3.41. The fraction of sp³-hybridized carbons (Fsp3) is 0.182. The minimum atomic E-state index is -0.367. The van der Waals surface area contributed by atoms with Gasteiger partial charge in [0.15, 0.2) is 0 Å². The lowest BCUT2D eigenvalue weighted by atomic mass is 10.2. The maximum absolute atomic E-state index is 13.2. The molecule has 0 aliphatic rings. The summed E-state index contributed by atoms with van der Waals surface area (Å²) in [7, 11) is 0. The van der Waals surface area contributed by atoms with Crippen LogP contribution in [0.1, 0.15) is 12.5 Å². The summed E-state index contributed by atoms with van der Waals surface area (Å²) in [5.41, 5.74) is 1.86. The quantitative estimate of drug-likeness (QED) is 0.639. The molecule has 0 bridgehead atoms. The van der Waals surface area contributed by atoms with E-state index < -0.39 is 0 Å². The van der Waals surface area contributed by atoms with E-state index in [1.54, 1.807) is 24.4 Å². The van der Waals surface area contributed by atoms with Crippen LogP contribution in [0.3, 0.4) is 0 Å². The van der Waals surface area contributed by atoms with Crippen LogP contribution in [-0.2, 0) is 11.3 Å². The number of hydrogen-bond acceptors (Lipinski definition) is 4. The standard InChI is InChI=1S/C22H22FN3O2/c1-2-26(19-8-4-3-5-9-19)16-21(27)24-14-17-11-12-22(25-15-17)28-20-10-6-7-18(23)13-20/h3-13,15H,2,14,16H2,1H3,(H,24,27). The predicted octanol–water partition coefficient (Wildman–Crippen LogP) is 4.16. The molecule has 0 aliphatic carbocycles. The van der Waals surface area contributed by atoms with Crippen molar-refractivity contribution in [3.8, 4) is 11.6 Å². The third-order valence-corrected chi connectivity index (χ3v) is 4.14. The van der Waals surface area contributed by atoms with E-state index in [0.29, 0.717) is 18.2 Å². The molecule has 0 saturated carbocycles. The highest BCUT2D eigenvalue weighted by molar-refractivity contribution is 5.81. The number of pyridine rings is 1. The lowest BCUT2D eigenvalue weighted by molar-refractivity contribution is -0.119. The Balaban J connectivity index is 1.51. The number of nitrogens with one attached hydrogen (secondary N) is 1. The summed E-state index contributed by atoms with van der Waals surface area (Å²) in [4.78, 5) is 18.5. The van der Waals surface area contributed by atoms with Crippen LogP contribution >= 0.6 is 0 Å². The first kappa shape index (κ1) is 19.4. The number of para-hydroxylation sites is 1. The van der Waals surface area contributed by atoms with Gasteiger partial charge in [0, 0.05) is 37.1 Å². The van der Waals surface area contributed by atoms with E-state index in [-0.39, 0.29) is 18.3 Å². The minimum absolute atomic E-state index is 0.0641. The van der Waals surface area contributed by atoms with Gasteiger partial charge in [-0.2, -0.15) is 0 Å². The molecule has 0 fully saturated rings. The molecule has 0 unspecified atom stereocenters. The number of benzene rings is 2. The van der Waals surface area contributed by atoms with Crippen molar-refractivity contribution in [1.29, 1.82) is 0 Å². The van der Waals surface area contributed by atoms with Crippen molar-refractivity contribution in [2.45, 2.75) is 13.5 Å². The molecule has 3 aromatic rings. The van der Waals surface area contributed by atoms with Crippen LogP contribution in [0.15, 0.2) is 72.9 Å². The molecule has 0 aliphatic heterocycles. The average Bonchev–Trinajstić information content (AvgIpc) is 2.72. The zero-order valence-electron chi connectivity index (χ0n) is 15.6. The number of ether oxygens (including phenoxy) is 1. The van der Waals surface area contributed by atoms with E-state index in [1.807, 2.05) is 48.2 Å². The number of nitrogens with zero attached hydrogens (tertiary/aromatic N) is 2. The Labute approximate surface area is 163 Å². The summed E-state index contributed by atoms with van der Waals surface area (Å²) in [5, 5.41) is 2.90. The summed E-state index contributed by atoms with van der Waals surface area (Å²) in [6.45, 7) is 3.42. The molecular weight excluding hydrogens is 357 g/mol. The maximum atomic E-state index is 13.2. The second kappa shape index (κ2) is 9.50. The van der Waals surface area contributed by atoms with E-state index >= 15 is 0 Å². The molecule has 144 valence electrons. The predicted molar refractivity (Wildman–Crippen MR) is 107 cm³/mol. The van der Waals surface area contributed by atoms with Gasteiger partial charge in [0.2, 0.25) is 11.8 Å². The smallest absolute Gasteiger partial charge is 0.239 e. The number of anilines is 1. The summed E-state index contributed by atoms with van der Waals surface area (Å²) in [6.07, 6.45) is 1.63. The topological polar surface area (TPSA) is 54.5 Å². The van der Waals surface area contributed by atoms with Crippen molar-refractivity contribution in [1.82, 2.24) is 10.3 Å². The van der Waals surface area contributed by atoms with Crippen LogP contribution in [0.25, 0.3) is 0 Å². The van der Waals surface area contributed by atoms with Gasteiger partial charge in [0.25, 0.3) is 0 Å². The average molecular weight is 379 g/mol. The van der Waals surface area contributed by atoms with Gasteiger partial charge in [0.1, 0.15) is 11.6 Å². The molecule has 1 amide bonds. The zero-order valence-corrected chi connectivity index (χ0v) is 15.6. The fourth-order valence-corrected chi connectivity index (χ4v) is 2.68. The van der Waals surface area contributed by atoms with E-state index in [0.717, 1.165) is 17.8 Å². The molecule has 0 atom stereocenters. The van der Waals surface area contributed by atoms with Crippen molar-refractivity contribution < 1.29 is 13.9 Å². The monoisotopic (exact) mass is 379 g/mol. The van der Waals surface area contributed by atoms with E-state index in [1.165, 1.54) is 12.1 Å². The van der Waals surface area contributed by atoms with Crippen LogP contribution in [0.5, 0.6) is 11.6 Å². The molecule has 1 aromatic heterocycles. The van der Waals surface area contributed by atoms with Crippen LogP contribution in [0, 0.1) is 5.82 Å². The largest absolute Gasteiger partial charge is 0.439 e. The highest BCUT2D eigenvalue weighted by Crippen LogP contribution is 2.20. The fourth-order valence-electron chi connectivity index (χ4n) is 2.68. The highest BCUT2D eigenvalue weighted by Gasteiger charge is 2.09. The number of amides is 1. The van der Waals surface area contributed by atoms with E-state index in [9.17, 15) is 9.18 Å². The van der Waals surface area contributed by atoms with Crippen molar-refractivity contribution in [3.63, 3.8) is 0 Å². The maximum Gasteiger partial charge on any atom is 0.239 e. The van der Waals surface area contributed by atoms with Gasteiger partial charge in [-0.15, -0.1) is 0 Å². The molecule has 0 radical (unpaired) electrons. The molecule has 1 heterocycles. The number of hydrogen-bond donors (Lipinski definition) is 1. The molecule has 0 saturated heterocycles. The Morgan fingerprint density at radius 3 is 2.61 bits per heavy atom. The van der Waals surface area contributed by atoms with Gasteiger partial charge in [0.05, 0.1) is 6.54 Å². The van der Waals surface area contributed by atoms with Gasteiger partial charge >= 0.3 is 0 Å². The summed E-state index contributed by atoms with van der Waals surface area (Å²) < 4.78 is 18.7. The Bertz CT molecular complexity index is 901. The Kier molecular flexibility index (Phi) is 6.57. The summed E-state index contributed by atoms with van der Waals surface area (Å²) in [6, 6.07) is 19.2. The van der Waals surface area contributed by atoms with E-state index in [4.69, 9.17) is 4.74 Å². The Morgan fingerprint density at radius 1 is 1.11 bits per heavy atom. The van der Waals surface area contributed by atoms with Gasteiger partial charge in [-0.3, -0.25) is 4.79 Å². The number of carbonyl (C=O) groups excluding carboxylic acids is 1. The van der Waals surface area contributed by atoms with Crippen molar-refractivity contribution in [2.24, 2.45) is 0 Å². The first-order valence-electron chi connectivity index (χ1n) is 9.09. The molecule has 1 N–H and O–H groups in total. The SMILES string of the molecule is CCN(CC(=O)NCc1ccc(Oc2cccc(F)c2)nc1)c1ccccc1. The number of halogens is 1. The molecule has 28 heavy (non-hydrogen) atoms. The van der Waals surface area contributed by atoms with Crippen LogP contribution in [0.2, 0.25) is 0 Å². The first-order valence-corrected chi connectivity index (χ1v) is 9.09. The van der Waals surface area contributed by atoms with Crippen molar-refractivity contribution in [2.75, 3.05) is 18.0 Å². The zero-order chi connectivity index (χ0) is 19.8. The molecule has 5 nitrogen and oxygen atoms in total. The van der Waals surface area contributed by atoms with Gasteiger partial charge in [-0.05, 0) is 36.8 Å². The van der Waals surface area contributed by atoms with Crippen LogP contribution in [0.4, 0.5) is 10.1 Å². The number of carbonyl (C=O) groups is 1. The lowest BCUT2D eigenvalue weighted by Gasteiger charge is -2.22. The molecule has 6 heteroatoms. The van der Waals surface area contributed by atoms with Gasteiger partial charge < -0.3 is 15.0 Å². The third-order valence-electron chi connectivity index (χ3n) is 4.14. The third kappa shape index (κ3) is 5.54. The van der Waals surface area contributed by atoms with Crippen LogP contribution < -0.4 is 15.0 Å².